The van der Waals surface area contributed by atoms with E-state index in [9.17, 15) is 18.3 Å². The quantitative estimate of drug-likeness (QED) is 0.578. The molecular weight excluding hydrogens is 431 g/mol. The monoisotopic (exact) mass is 463 g/mol. The number of likely N-dealkylation sites (tertiary alicyclic amines) is 1. The fourth-order valence-corrected chi connectivity index (χ4v) is 5.22. The van der Waals surface area contributed by atoms with Crippen LogP contribution < -0.4 is 9.47 Å². The van der Waals surface area contributed by atoms with Crippen LogP contribution in [0.2, 0.25) is 0 Å². The maximum absolute atomic E-state index is 12.7. The molecule has 2 aromatic rings. The Hall–Kier alpha value is -2.25. The predicted octanol–water partition coefficient (Wildman–Crippen LogP) is 5.29. The number of nitrogens with zero attached hydrogens (tertiary/aromatic N) is 1. The van der Waals surface area contributed by atoms with E-state index in [1.54, 1.807) is 7.11 Å². The average Bonchev–Trinajstić information content (AvgIpc) is 2.77. The third kappa shape index (κ3) is 5.30. The van der Waals surface area contributed by atoms with Gasteiger partial charge in [0.05, 0.1) is 25.4 Å². The number of alkyl halides is 3. The lowest BCUT2D eigenvalue weighted by molar-refractivity contribution is -0.137. The van der Waals surface area contributed by atoms with Crippen molar-refractivity contribution in [3.05, 3.63) is 59.7 Å². The molecule has 0 bridgehead atoms. The molecule has 1 saturated carbocycles. The van der Waals surface area contributed by atoms with Gasteiger partial charge in [0.25, 0.3) is 0 Å². The van der Waals surface area contributed by atoms with Crippen molar-refractivity contribution >= 4 is 0 Å². The van der Waals surface area contributed by atoms with Crippen LogP contribution in [0, 0.1) is 5.92 Å². The van der Waals surface area contributed by atoms with Crippen molar-refractivity contribution in [2.45, 2.75) is 49.8 Å². The Kier molecular flexibility index (Phi) is 7.19. The SMILES string of the molecule is COc1ccccc1C1([C@H](O)CN2CCC[C@@H](COc3ccc(C(F)(F)F)cc3)C2)CCC1. The van der Waals surface area contributed by atoms with Crippen molar-refractivity contribution in [2.75, 3.05) is 33.4 Å². The summed E-state index contributed by atoms with van der Waals surface area (Å²) in [5.41, 5.74) is 0.147. The minimum atomic E-state index is -4.34. The van der Waals surface area contributed by atoms with Crippen molar-refractivity contribution in [1.29, 1.82) is 0 Å². The van der Waals surface area contributed by atoms with Crippen molar-refractivity contribution in [2.24, 2.45) is 5.92 Å². The zero-order valence-corrected chi connectivity index (χ0v) is 19.0. The van der Waals surface area contributed by atoms with Gasteiger partial charge in [0.2, 0.25) is 0 Å². The molecule has 0 spiro atoms. The number of hydrogen-bond acceptors (Lipinski definition) is 4. The highest BCUT2D eigenvalue weighted by Gasteiger charge is 2.47. The van der Waals surface area contributed by atoms with E-state index in [4.69, 9.17) is 9.47 Å². The van der Waals surface area contributed by atoms with Crippen LogP contribution in [0.1, 0.15) is 43.2 Å². The summed E-state index contributed by atoms with van der Waals surface area (Å²) in [4.78, 5) is 2.30. The highest BCUT2D eigenvalue weighted by molar-refractivity contribution is 5.42. The molecule has 0 radical (unpaired) electrons. The van der Waals surface area contributed by atoms with E-state index in [1.165, 1.54) is 12.1 Å². The number of para-hydroxylation sites is 1. The van der Waals surface area contributed by atoms with E-state index < -0.39 is 17.8 Å². The molecule has 1 N–H and O–H groups in total. The normalized spacial score (nSPS) is 21.8. The predicted molar refractivity (Wildman–Crippen MR) is 121 cm³/mol. The molecule has 4 rings (SSSR count). The third-order valence-electron chi connectivity index (χ3n) is 7.23. The van der Waals surface area contributed by atoms with Crippen LogP contribution in [0.4, 0.5) is 13.2 Å². The van der Waals surface area contributed by atoms with Gasteiger partial charge in [-0.3, -0.25) is 0 Å². The number of aliphatic hydroxyl groups is 1. The Bertz CT molecular complexity index is 912. The van der Waals surface area contributed by atoms with Gasteiger partial charge in [0, 0.05) is 30.0 Å². The topological polar surface area (TPSA) is 41.9 Å². The fourth-order valence-electron chi connectivity index (χ4n) is 5.22. The van der Waals surface area contributed by atoms with E-state index in [-0.39, 0.29) is 11.3 Å². The first-order valence-corrected chi connectivity index (χ1v) is 11.7. The molecule has 0 amide bonds. The Balaban J connectivity index is 1.34. The number of halogens is 3. The lowest BCUT2D eigenvalue weighted by Crippen LogP contribution is -2.52. The molecule has 1 saturated heterocycles. The summed E-state index contributed by atoms with van der Waals surface area (Å²) in [7, 11) is 1.67. The number of methoxy groups -OCH3 is 1. The molecule has 1 heterocycles. The van der Waals surface area contributed by atoms with Crippen LogP contribution in [-0.2, 0) is 11.6 Å². The summed E-state index contributed by atoms with van der Waals surface area (Å²) < 4.78 is 49.6. The second kappa shape index (κ2) is 9.94. The van der Waals surface area contributed by atoms with Crippen LogP contribution in [0.15, 0.2) is 48.5 Å². The third-order valence-corrected chi connectivity index (χ3v) is 7.23. The summed E-state index contributed by atoms with van der Waals surface area (Å²) in [5, 5.41) is 11.3. The van der Waals surface area contributed by atoms with Crippen molar-refractivity contribution in [3.63, 3.8) is 0 Å². The second-order valence-electron chi connectivity index (χ2n) is 9.33. The minimum absolute atomic E-state index is 0.268. The van der Waals surface area contributed by atoms with Gasteiger partial charge in [-0.1, -0.05) is 24.6 Å². The summed E-state index contributed by atoms with van der Waals surface area (Å²) in [6.07, 6.45) is 0.173. The van der Waals surface area contributed by atoms with Crippen LogP contribution in [0.5, 0.6) is 11.5 Å². The summed E-state index contributed by atoms with van der Waals surface area (Å²) in [6.45, 7) is 2.78. The van der Waals surface area contributed by atoms with Gasteiger partial charge in [0.1, 0.15) is 11.5 Å². The zero-order valence-electron chi connectivity index (χ0n) is 19.0. The molecule has 33 heavy (non-hydrogen) atoms. The molecule has 2 aromatic carbocycles. The molecular formula is C26H32F3NO3. The molecule has 2 atom stereocenters. The van der Waals surface area contributed by atoms with E-state index in [0.29, 0.717) is 18.9 Å². The standard InChI is InChI=1S/C26H32F3NO3/c1-32-23-8-3-2-7-22(23)25(13-5-14-25)24(31)17-30-15-4-6-19(16-30)18-33-21-11-9-20(10-12-21)26(27,28)29/h2-3,7-12,19,24,31H,4-6,13-18H2,1H3/t19-,24-/m1/s1. The van der Waals surface area contributed by atoms with Gasteiger partial charge in [0.15, 0.2) is 0 Å². The number of aliphatic hydroxyl groups excluding tert-OH is 1. The highest BCUT2D eigenvalue weighted by atomic mass is 19.4. The van der Waals surface area contributed by atoms with Gasteiger partial charge in [-0.25, -0.2) is 0 Å². The number of rotatable bonds is 8. The van der Waals surface area contributed by atoms with Crippen LogP contribution >= 0.6 is 0 Å². The minimum Gasteiger partial charge on any atom is -0.496 e. The smallest absolute Gasteiger partial charge is 0.416 e. The zero-order chi connectivity index (χ0) is 23.5. The van der Waals surface area contributed by atoms with Gasteiger partial charge in [-0.2, -0.15) is 13.2 Å². The van der Waals surface area contributed by atoms with Crippen LogP contribution in [0.25, 0.3) is 0 Å². The van der Waals surface area contributed by atoms with E-state index in [1.807, 2.05) is 18.2 Å². The highest BCUT2D eigenvalue weighted by Crippen LogP contribution is 2.49. The molecule has 180 valence electrons. The Morgan fingerprint density at radius 2 is 1.82 bits per heavy atom. The first-order chi connectivity index (χ1) is 15.8. The largest absolute Gasteiger partial charge is 0.496 e. The Labute approximate surface area is 193 Å². The Morgan fingerprint density at radius 3 is 2.45 bits per heavy atom. The lowest BCUT2D eigenvalue weighted by atomic mass is 9.60. The fraction of sp³-hybridized carbons (Fsp3) is 0.538. The first-order valence-electron chi connectivity index (χ1n) is 11.7. The van der Waals surface area contributed by atoms with Crippen LogP contribution in [-0.4, -0.2) is 49.5 Å². The summed E-state index contributed by atoms with van der Waals surface area (Å²) in [6, 6.07) is 12.8. The first kappa shape index (κ1) is 23.9. The van der Waals surface area contributed by atoms with Gasteiger partial charge in [-0.15, -0.1) is 0 Å². The number of ether oxygens (including phenoxy) is 2. The molecule has 0 aromatic heterocycles. The molecule has 0 unspecified atom stereocenters. The number of β-amino-alcohol motifs (C(OH)–C–C–N with tert-alkyl or cyclic N) is 1. The van der Waals surface area contributed by atoms with Gasteiger partial charge in [-0.05, 0) is 62.6 Å². The maximum atomic E-state index is 12.7. The van der Waals surface area contributed by atoms with E-state index in [0.717, 1.165) is 68.6 Å². The second-order valence-corrected chi connectivity index (χ2v) is 9.33. The van der Waals surface area contributed by atoms with Crippen molar-refractivity contribution < 1.29 is 27.8 Å². The molecule has 4 nitrogen and oxygen atoms in total. The number of piperidine rings is 1. The van der Waals surface area contributed by atoms with E-state index in [2.05, 4.69) is 11.0 Å². The molecule has 2 aliphatic rings. The molecule has 1 aliphatic heterocycles. The van der Waals surface area contributed by atoms with Crippen molar-refractivity contribution in [3.8, 4) is 11.5 Å². The molecule has 2 fully saturated rings. The Morgan fingerprint density at radius 1 is 1.09 bits per heavy atom. The average molecular weight is 464 g/mol. The molecule has 1 aliphatic carbocycles. The van der Waals surface area contributed by atoms with Gasteiger partial charge < -0.3 is 19.5 Å². The van der Waals surface area contributed by atoms with Crippen molar-refractivity contribution in [1.82, 2.24) is 4.90 Å². The molecule has 7 heteroatoms. The number of hydrogen-bond donors (Lipinski definition) is 1. The van der Waals surface area contributed by atoms with E-state index >= 15 is 0 Å². The summed E-state index contributed by atoms with van der Waals surface area (Å²) in [5.74, 6) is 1.55. The van der Waals surface area contributed by atoms with Crippen LogP contribution in [0.3, 0.4) is 0 Å². The summed E-state index contributed by atoms with van der Waals surface area (Å²) >= 11 is 0. The lowest BCUT2D eigenvalue weighted by Gasteiger charge is -2.48. The van der Waals surface area contributed by atoms with Gasteiger partial charge >= 0.3 is 6.18 Å². The number of benzene rings is 2. The maximum Gasteiger partial charge on any atom is 0.416 e.